The first kappa shape index (κ1) is 11.7. The summed E-state index contributed by atoms with van der Waals surface area (Å²) in [4.78, 5) is 0. The van der Waals surface area contributed by atoms with Crippen LogP contribution in [0.15, 0.2) is 30.3 Å². The average Bonchev–Trinajstić information content (AvgIpc) is 2.29. The molecule has 80 valence electrons. The number of ether oxygens (including phenoxy) is 1. The van der Waals surface area contributed by atoms with Gasteiger partial charge in [0.25, 0.3) is 0 Å². The third-order valence-corrected chi connectivity index (χ3v) is 1.70. The summed E-state index contributed by atoms with van der Waals surface area (Å²) in [6.45, 7) is 0.0814. The predicted molar refractivity (Wildman–Crippen MR) is 57.2 cm³/mol. The molecule has 0 aromatic heterocycles. The summed E-state index contributed by atoms with van der Waals surface area (Å²) < 4.78 is 5.02. The Morgan fingerprint density at radius 2 is 2.00 bits per heavy atom. The van der Waals surface area contributed by atoms with Crippen LogP contribution in [-0.4, -0.2) is 36.1 Å². The highest BCUT2D eigenvalue weighted by molar-refractivity contribution is 5.33. The number of aliphatic hydroxyl groups is 2. The molecule has 0 radical (unpaired) electrons. The quantitative estimate of drug-likeness (QED) is 0.554. The van der Waals surface area contributed by atoms with Crippen molar-refractivity contribution in [3.05, 3.63) is 35.9 Å². The third kappa shape index (κ3) is 5.18. The van der Waals surface area contributed by atoms with Gasteiger partial charge in [0.1, 0.15) is 12.7 Å². The van der Waals surface area contributed by atoms with Crippen LogP contribution in [0.5, 0.6) is 0 Å². The fourth-order valence-corrected chi connectivity index (χ4v) is 0.958. The maximum absolute atomic E-state index is 8.95. The van der Waals surface area contributed by atoms with E-state index in [9.17, 15) is 0 Å². The van der Waals surface area contributed by atoms with E-state index in [1.807, 2.05) is 30.3 Å². The highest BCUT2D eigenvalue weighted by atomic mass is 16.5. The standard InChI is InChI=1S/C12H14O3/c13-9-12(14)10-15-8-4-7-11-5-2-1-3-6-11/h1-3,5-6,12-14H,8-10H2/t12-/m0/s1. The van der Waals surface area contributed by atoms with Crippen molar-refractivity contribution in [3.63, 3.8) is 0 Å². The van der Waals surface area contributed by atoms with Crippen molar-refractivity contribution in [1.29, 1.82) is 0 Å². The molecule has 0 bridgehead atoms. The number of hydrogen-bond acceptors (Lipinski definition) is 3. The first-order chi connectivity index (χ1) is 7.33. The fourth-order valence-electron chi connectivity index (χ4n) is 0.958. The zero-order valence-electron chi connectivity index (χ0n) is 8.39. The van der Waals surface area contributed by atoms with E-state index >= 15 is 0 Å². The van der Waals surface area contributed by atoms with Crippen molar-refractivity contribution in [2.24, 2.45) is 0 Å². The lowest BCUT2D eigenvalue weighted by Crippen LogP contribution is -2.19. The summed E-state index contributed by atoms with van der Waals surface area (Å²) in [6, 6.07) is 9.59. The molecule has 1 rings (SSSR count). The molecule has 0 aliphatic heterocycles. The molecule has 0 saturated carbocycles. The monoisotopic (exact) mass is 206 g/mol. The Morgan fingerprint density at radius 3 is 2.67 bits per heavy atom. The van der Waals surface area contributed by atoms with Gasteiger partial charge in [0.15, 0.2) is 0 Å². The minimum Gasteiger partial charge on any atom is -0.394 e. The zero-order valence-corrected chi connectivity index (χ0v) is 8.39. The van der Waals surface area contributed by atoms with Gasteiger partial charge in [-0.1, -0.05) is 30.0 Å². The van der Waals surface area contributed by atoms with Crippen molar-refractivity contribution in [3.8, 4) is 11.8 Å². The molecule has 0 heterocycles. The van der Waals surface area contributed by atoms with Crippen LogP contribution in [0.4, 0.5) is 0 Å². The second-order valence-corrected chi connectivity index (χ2v) is 3.02. The molecule has 2 N–H and O–H groups in total. The van der Waals surface area contributed by atoms with Crippen LogP contribution in [0.1, 0.15) is 5.56 Å². The van der Waals surface area contributed by atoms with Crippen LogP contribution >= 0.6 is 0 Å². The first-order valence-electron chi connectivity index (χ1n) is 4.73. The van der Waals surface area contributed by atoms with Gasteiger partial charge in [0.05, 0.1) is 13.2 Å². The smallest absolute Gasteiger partial charge is 0.108 e. The molecule has 1 atom stereocenters. The fraction of sp³-hybridized carbons (Fsp3) is 0.333. The summed E-state index contributed by atoms with van der Waals surface area (Å²) in [7, 11) is 0. The molecule has 0 unspecified atom stereocenters. The molecule has 1 aromatic rings. The molecule has 0 saturated heterocycles. The van der Waals surface area contributed by atoms with Gasteiger partial charge >= 0.3 is 0 Å². The zero-order chi connectivity index (χ0) is 10.9. The summed E-state index contributed by atoms with van der Waals surface area (Å²) >= 11 is 0. The Hall–Kier alpha value is -1.34. The molecular formula is C12H14O3. The molecule has 0 spiro atoms. The molecule has 1 aromatic carbocycles. The van der Waals surface area contributed by atoms with Crippen LogP contribution in [0.2, 0.25) is 0 Å². The van der Waals surface area contributed by atoms with E-state index < -0.39 is 6.10 Å². The SMILES string of the molecule is OC[C@H](O)COCC#Cc1ccccc1. The Morgan fingerprint density at radius 1 is 1.27 bits per heavy atom. The van der Waals surface area contributed by atoms with E-state index in [1.165, 1.54) is 0 Å². The van der Waals surface area contributed by atoms with Gasteiger partial charge in [-0.3, -0.25) is 0 Å². The van der Waals surface area contributed by atoms with Gasteiger partial charge in [0, 0.05) is 5.56 Å². The van der Waals surface area contributed by atoms with Gasteiger partial charge < -0.3 is 14.9 Å². The van der Waals surface area contributed by atoms with Crippen molar-refractivity contribution in [1.82, 2.24) is 0 Å². The first-order valence-corrected chi connectivity index (χ1v) is 4.73. The molecule has 3 heteroatoms. The third-order valence-electron chi connectivity index (χ3n) is 1.70. The van der Waals surface area contributed by atoms with Crippen molar-refractivity contribution in [2.45, 2.75) is 6.10 Å². The maximum atomic E-state index is 8.95. The molecular weight excluding hydrogens is 192 g/mol. The lowest BCUT2D eigenvalue weighted by Gasteiger charge is -2.04. The lowest BCUT2D eigenvalue weighted by atomic mass is 10.2. The largest absolute Gasteiger partial charge is 0.394 e. The number of aliphatic hydroxyl groups excluding tert-OH is 2. The summed E-state index contributed by atoms with van der Waals surface area (Å²) in [5.74, 6) is 5.73. The van der Waals surface area contributed by atoms with Crippen LogP contribution in [-0.2, 0) is 4.74 Å². The van der Waals surface area contributed by atoms with Gasteiger partial charge in [-0.2, -0.15) is 0 Å². The van der Waals surface area contributed by atoms with E-state index in [-0.39, 0.29) is 19.8 Å². The van der Waals surface area contributed by atoms with E-state index in [1.54, 1.807) is 0 Å². The average molecular weight is 206 g/mol. The minimum atomic E-state index is -0.816. The minimum absolute atomic E-state index is 0.111. The lowest BCUT2D eigenvalue weighted by molar-refractivity contribution is 0.0164. The van der Waals surface area contributed by atoms with E-state index in [2.05, 4.69) is 11.8 Å². The van der Waals surface area contributed by atoms with Crippen LogP contribution in [0.25, 0.3) is 0 Å². The number of rotatable bonds is 4. The Bertz CT molecular complexity index is 324. The van der Waals surface area contributed by atoms with Crippen LogP contribution in [0, 0.1) is 11.8 Å². The molecule has 0 fully saturated rings. The molecule has 0 aliphatic rings. The second kappa shape index (κ2) is 7.02. The van der Waals surface area contributed by atoms with Gasteiger partial charge in [-0.05, 0) is 12.1 Å². The summed E-state index contributed by atoms with van der Waals surface area (Å²) in [5, 5.41) is 17.5. The van der Waals surface area contributed by atoms with Gasteiger partial charge in [0.2, 0.25) is 0 Å². The molecule has 15 heavy (non-hydrogen) atoms. The van der Waals surface area contributed by atoms with Gasteiger partial charge in [-0.15, -0.1) is 0 Å². The topological polar surface area (TPSA) is 49.7 Å². The second-order valence-electron chi connectivity index (χ2n) is 3.02. The summed E-state index contributed by atoms with van der Waals surface area (Å²) in [6.07, 6.45) is -0.816. The Labute approximate surface area is 89.3 Å². The van der Waals surface area contributed by atoms with Crippen molar-refractivity contribution < 1.29 is 14.9 Å². The van der Waals surface area contributed by atoms with E-state index in [0.717, 1.165) is 5.56 Å². The van der Waals surface area contributed by atoms with E-state index in [4.69, 9.17) is 14.9 Å². The molecule has 0 aliphatic carbocycles. The molecule has 3 nitrogen and oxygen atoms in total. The highest BCUT2D eigenvalue weighted by Gasteiger charge is 1.99. The highest BCUT2D eigenvalue weighted by Crippen LogP contribution is 1.94. The predicted octanol–water partition coefficient (Wildman–Crippen LogP) is 0.408. The number of hydrogen-bond donors (Lipinski definition) is 2. The maximum Gasteiger partial charge on any atom is 0.108 e. The molecule has 0 amide bonds. The van der Waals surface area contributed by atoms with E-state index in [0.29, 0.717) is 0 Å². The van der Waals surface area contributed by atoms with Crippen molar-refractivity contribution >= 4 is 0 Å². The van der Waals surface area contributed by atoms with Gasteiger partial charge in [-0.25, -0.2) is 0 Å². The normalized spacial score (nSPS) is 11.6. The Balaban J connectivity index is 2.23. The van der Waals surface area contributed by atoms with Crippen LogP contribution < -0.4 is 0 Å². The summed E-state index contributed by atoms with van der Waals surface area (Å²) in [5.41, 5.74) is 0.934. The number of benzene rings is 1. The Kier molecular flexibility index (Phi) is 5.49. The van der Waals surface area contributed by atoms with Crippen molar-refractivity contribution in [2.75, 3.05) is 19.8 Å². The van der Waals surface area contributed by atoms with Crippen LogP contribution in [0.3, 0.4) is 0 Å².